The third kappa shape index (κ3) is 2.02. The largest absolute Gasteiger partial charge is 0.534 e. The molecule has 1 aliphatic heterocycles. The molecule has 1 heterocycles. The highest BCUT2D eigenvalue weighted by molar-refractivity contribution is 7.87. The molecule has 0 aromatic rings. The molecule has 0 saturated carbocycles. The van der Waals surface area contributed by atoms with E-state index in [1.54, 1.807) is 0 Å². The zero-order chi connectivity index (χ0) is 12.1. The van der Waals surface area contributed by atoms with Crippen molar-refractivity contribution in [3.8, 4) is 0 Å². The molecule has 0 spiro atoms. The first-order valence-corrected chi connectivity index (χ1v) is 5.67. The van der Waals surface area contributed by atoms with Gasteiger partial charge >= 0.3 is 15.6 Å². The summed E-state index contributed by atoms with van der Waals surface area (Å²) in [5, 5.41) is 9.16. The number of ether oxygens (including phenoxy) is 1. The van der Waals surface area contributed by atoms with E-state index in [1.165, 1.54) is 0 Å². The Morgan fingerprint density at radius 3 is 2.69 bits per heavy atom. The molecule has 1 fully saturated rings. The molecule has 92 valence electrons. The number of rotatable bonds is 2. The third-order valence-corrected chi connectivity index (χ3v) is 3.16. The maximum atomic E-state index is 12.0. The minimum Gasteiger partial charge on any atom is -0.389 e. The minimum atomic E-state index is -5.69. The standard InChI is InChI=1S/C7H7F3O5S/c8-7(9,10)16(12,13)15-5-2-3(11)1-4-6(5)14-4/h2-4,6,11H,1H2/t3-,4-,6-/m1/s1. The molecule has 16 heavy (non-hydrogen) atoms. The summed E-state index contributed by atoms with van der Waals surface area (Å²) in [6.07, 6.45) is -1.16. The van der Waals surface area contributed by atoms with Crippen LogP contribution in [-0.2, 0) is 19.0 Å². The van der Waals surface area contributed by atoms with Crippen molar-refractivity contribution in [2.75, 3.05) is 0 Å². The van der Waals surface area contributed by atoms with Crippen LogP contribution in [0.15, 0.2) is 11.8 Å². The van der Waals surface area contributed by atoms with Crippen molar-refractivity contribution in [3.63, 3.8) is 0 Å². The van der Waals surface area contributed by atoms with Crippen molar-refractivity contribution in [3.05, 3.63) is 11.8 Å². The van der Waals surface area contributed by atoms with E-state index in [9.17, 15) is 21.6 Å². The smallest absolute Gasteiger partial charge is 0.389 e. The Morgan fingerprint density at radius 1 is 1.50 bits per heavy atom. The lowest BCUT2D eigenvalue weighted by Gasteiger charge is -2.15. The molecule has 0 bridgehead atoms. The molecular weight excluding hydrogens is 253 g/mol. The first-order chi connectivity index (χ1) is 7.21. The summed E-state index contributed by atoms with van der Waals surface area (Å²) in [5.41, 5.74) is -5.49. The van der Waals surface area contributed by atoms with Crippen LogP contribution >= 0.6 is 0 Å². The van der Waals surface area contributed by atoms with Gasteiger partial charge in [-0.1, -0.05) is 0 Å². The molecule has 0 unspecified atom stereocenters. The van der Waals surface area contributed by atoms with E-state index in [-0.39, 0.29) is 6.42 Å². The van der Waals surface area contributed by atoms with Crippen LogP contribution in [0.1, 0.15) is 6.42 Å². The van der Waals surface area contributed by atoms with Gasteiger partial charge in [0.05, 0.1) is 12.2 Å². The van der Waals surface area contributed by atoms with Gasteiger partial charge in [-0.2, -0.15) is 21.6 Å². The Balaban J connectivity index is 2.17. The summed E-state index contributed by atoms with van der Waals surface area (Å²) >= 11 is 0. The second kappa shape index (κ2) is 3.34. The zero-order valence-corrected chi connectivity index (χ0v) is 8.46. The van der Waals surface area contributed by atoms with Gasteiger partial charge in [0.1, 0.15) is 11.9 Å². The van der Waals surface area contributed by atoms with Crippen LogP contribution in [0, 0.1) is 0 Å². The van der Waals surface area contributed by atoms with Crippen LogP contribution in [0.25, 0.3) is 0 Å². The molecular formula is C7H7F3O5S. The molecule has 0 aromatic heterocycles. The van der Waals surface area contributed by atoms with Crippen LogP contribution < -0.4 is 0 Å². The highest BCUT2D eigenvalue weighted by atomic mass is 32.2. The van der Waals surface area contributed by atoms with Gasteiger partial charge in [0.15, 0.2) is 0 Å². The first-order valence-electron chi connectivity index (χ1n) is 4.27. The summed E-state index contributed by atoms with van der Waals surface area (Å²) in [7, 11) is -5.69. The molecule has 2 rings (SSSR count). The Kier molecular flexibility index (Phi) is 2.44. The lowest BCUT2D eigenvalue weighted by molar-refractivity contribution is -0.0525. The predicted molar refractivity (Wildman–Crippen MR) is 43.4 cm³/mol. The molecule has 5 nitrogen and oxygen atoms in total. The second-order valence-electron chi connectivity index (χ2n) is 3.45. The average molecular weight is 260 g/mol. The van der Waals surface area contributed by atoms with Gasteiger partial charge in [0, 0.05) is 6.42 Å². The molecule has 2 aliphatic rings. The summed E-state index contributed by atoms with van der Waals surface area (Å²) < 4.78 is 66.0. The number of hydrogen-bond acceptors (Lipinski definition) is 5. The van der Waals surface area contributed by atoms with Crippen LogP contribution in [0.4, 0.5) is 13.2 Å². The molecule has 1 aliphatic carbocycles. The molecule has 0 radical (unpaired) electrons. The van der Waals surface area contributed by atoms with Crippen LogP contribution in [0.2, 0.25) is 0 Å². The van der Waals surface area contributed by atoms with Crippen LogP contribution in [0.3, 0.4) is 0 Å². The predicted octanol–water partition coefficient (Wildman–Crippen LogP) is 0.268. The number of alkyl halides is 3. The minimum absolute atomic E-state index is 0.226. The molecule has 0 amide bonds. The van der Waals surface area contributed by atoms with Crippen molar-refractivity contribution >= 4 is 10.1 Å². The molecule has 1 saturated heterocycles. The van der Waals surface area contributed by atoms with Gasteiger partial charge in [-0.25, -0.2) is 0 Å². The summed E-state index contributed by atoms with van der Waals surface area (Å²) in [4.78, 5) is 0. The normalized spacial score (nSPS) is 34.0. The Morgan fingerprint density at radius 2 is 2.12 bits per heavy atom. The Hall–Kier alpha value is -0.800. The van der Waals surface area contributed by atoms with Gasteiger partial charge in [0.25, 0.3) is 0 Å². The second-order valence-corrected chi connectivity index (χ2v) is 4.99. The number of hydrogen-bond donors (Lipinski definition) is 1. The van der Waals surface area contributed by atoms with Gasteiger partial charge in [-0.3, -0.25) is 0 Å². The summed E-state index contributed by atoms with van der Waals surface area (Å²) in [6, 6.07) is 0. The monoisotopic (exact) mass is 260 g/mol. The van der Waals surface area contributed by atoms with E-state index in [2.05, 4.69) is 4.18 Å². The Labute approximate surface area is 88.6 Å². The number of aliphatic hydroxyl groups is 1. The van der Waals surface area contributed by atoms with Gasteiger partial charge < -0.3 is 14.0 Å². The fourth-order valence-electron chi connectivity index (χ4n) is 1.41. The van der Waals surface area contributed by atoms with E-state index in [4.69, 9.17) is 9.84 Å². The summed E-state index contributed by atoms with van der Waals surface area (Å²) in [5.74, 6) is -0.499. The molecule has 9 heteroatoms. The van der Waals surface area contributed by atoms with Crippen molar-refractivity contribution in [1.29, 1.82) is 0 Å². The van der Waals surface area contributed by atoms with Crippen LogP contribution in [-0.4, -0.2) is 37.3 Å². The fraction of sp³-hybridized carbons (Fsp3) is 0.714. The van der Waals surface area contributed by atoms with E-state index in [1.807, 2.05) is 0 Å². The van der Waals surface area contributed by atoms with Crippen LogP contribution in [0.5, 0.6) is 0 Å². The fourth-order valence-corrected chi connectivity index (χ4v) is 1.91. The maximum absolute atomic E-state index is 12.0. The van der Waals surface area contributed by atoms with E-state index in [0.29, 0.717) is 0 Å². The Bertz CT molecular complexity index is 426. The number of aliphatic hydroxyl groups excluding tert-OH is 1. The number of fused-ring (bicyclic) bond motifs is 1. The van der Waals surface area contributed by atoms with E-state index in [0.717, 1.165) is 6.08 Å². The van der Waals surface area contributed by atoms with Crippen molar-refractivity contribution in [1.82, 2.24) is 0 Å². The zero-order valence-electron chi connectivity index (χ0n) is 7.64. The van der Waals surface area contributed by atoms with Gasteiger partial charge in [0.2, 0.25) is 0 Å². The SMILES string of the molecule is O=S(=O)(OC1=C[C@H](O)C[C@H]2O[C@@H]12)C(F)(F)F. The molecule has 0 aromatic carbocycles. The third-order valence-electron chi connectivity index (χ3n) is 2.18. The summed E-state index contributed by atoms with van der Waals surface area (Å²) in [6.45, 7) is 0. The highest BCUT2D eigenvalue weighted by Crippen LogP contribution is 2.40. The van der Waals surface area contributed by atoms with Crippen molar-refractivity contribution < 1.29 is 35.6 Å². The lowest BCUT2D eigenvalue weighted by Crippen LogP contribution is -2.28. The number of halogens is 3. The quantitative estimate of drug-likeness (QED) is 0.438. The van der Waals surface area contributed by atoms with Crippen molar-refractivity contribution in [2.45, 2.75) is 30.2 Å². The van der Waals surface area contributed by atoms with E-state index < -0.39 is 39.7 Å². The molecule has 1 N–H and O–H groups in total. The van der Waals surface area contributed by atoms with E-state index >= 15 is 0 Å². The van der Waals surface area contributed by atoms with Gasteiger partial charge in [-0.05, 0) is 6.08 Å². The van der Waals surface area contributed by atoms with Crippen molar-refractivity contribution in [2.24, 2.45) is 0 Å². The number of epoxide rings is 1. The van der Waals surface area contributed by atoms with Gasteiger partial charge in [-0.15, -0.1) is 0 Å². The maximum Gasteiger partial charge on any atom is 0.534 e. The topological polar surface area (TPSA) is 76.1 Å². The lowest BCUT2D eigenvalue weighted by atomic mass is 10.0. The first kappa shape index (κ1) is 11.7. The highest BCUT2D eigenvalue weighted by Gasteiger charge is 2.54. The molecule has 3 atom stereocenters. The average Bonchev–Trinajstić information content (AvgIpc) is 2.79.